The van der Waals surface area contributed by atoms with Crippen molar-refractivity contribution in [2.24, 2.45) is 0 Å². The molecule has 31 heavy (non-hydrogen) atoms. The van der Waals surface area contributed by atoms with Crippen LogP contribution in [0.5, 0.6) is 6.01 Å². The summed E-state index contributed by atoms with van der Waals surface area (Å²) in [6.07, 6.45) is 2.43. The minimum Gasteiger partial charge on any atom is -0.367 e. The number of thiophene rings is 1. The Balaban J connectivity index is 1.63. The largest absolute Gasteiger partial charge is 0.367 e. The van der Waals surface area contributed by atoms with E-state index in [1.807, 2.05) is 23.6 Å². The Morgan fingerprint density at radius 3 is 2.81 bits per heavy atom. The zero-order chi connectivity index (χ0) is 22.0. The lowest BCUT2D eigenvalue weighted by atomic mass is 10.1. The predicted molar refractivity (Wildman–Crippen MR) is 121 cm³/mol. The van der Waals surface area contributed by atoms with E-state index in [1.54, 1.807) is 35.7 Å². The number of benzene rings is 2. The summed E-state index contributed by atoms with van der Waals surface area (Å²) in [5.41, 5.74) is 1.66. The van der Waals surface area contributed by atoms with Crippen molar-refractivity contribution in [1.82, 2.24) is 9.55 Å². The summed E-state index contributed by atoms with van der Waals surface area (Å²) < 4.78 is 8.71. The molecule has 0 N–H and O–H groups in total. The van der Waals surface area contributed by atoms with Crippen LogP contribution in [0.4, 0.5) is 0 Å². The molecule has 0 aliphatic heterocycles. The second-order valence-corrected chi connectivity index (χ2v) is 8.65. The van der Waals surface area contributed by atoms with Gasteiger partial charge in [-0.2, -0.15) is 0 Å². The maximum Gasteiger partial charge on any atom is 0.302 e. The van der Waals surface area contributed by atoms with Crippen LogP contribution in [0.2, 0.25) is 15.1 Å². The topological polar surface area (TPSA) is 79.4 Å². The molecule has 2 aromatic heterocycles. The lowest BCUT2D eigenvalue weighted by Crippen LogP contribution is -2.16. The van der Waals surface area contributed by atoms with Gasteiger partial charge >= 0.3 is 5.09 Å². The van der Waals surface area contributed by atoms with Gasteiger partial charge in [0.05, 0.1) is 22.9 Å². The van der Waals surface area contributed by atoms with Gasteiger partial charge < -0.3 is 9.30 Å². The fourth-order valence-electron chi connectivity index (χ4n) is 3.16. The zero-order valence-electron chi connectivity index (χ0n) is 15.7. The smallest absolute Gasteiger partial charge is 0.302 e. The van der Waals surface area contributed by atoms with Gasteiger partial charge in [-0.3, -0.25) is 0 Å². The number of imidazole rings is 1. The van der Waals surface area contributed by atoms with Crippen LogP contribution < -0.4 is 4.84 Å². The van der Waals surface area contributed by atoms with Gasteiger partial charge in [0, 0.05) is 28.0 Å². The van der Waals surface area contributed by atoms with E-state index in [9.17, 15) is 10.1 Å². The second kappa shape index (κ2) is 9.42. The molecule has 0 radical (unpaired) electrons. The van der Waals surface area contributed by atoms with Crippen molar-refractivity contribution in [2.45, 2.75) is 19.3 Å². The molecule has 0 amide bonds. The van der Waals surface area contributed by atoms with Gasteiger partial charge in [-0.25, -0.2) is 9.82 Å². The average molecular weight is 499 g/mol. The van der Waals surface area contributed by atoms with Crippen molar-refractivity contribution < 1.29 is 14.7 Å². The Bertz CT molecular complexity index is 1240. The molecular formula is C20H14Cl3N3O4S. The van der Waals surface area contributed by atoms with E-state index < -0.39 is 11.2 Å². The number of fused-ring (bicyclic) bond motifs is 1. The van der Waals surface area contributed by atoms with Crippen molar-refractivity contribution >= 4 is 56.2 Å². The summed E-state index contributed by atoms with van der Waals surface area (Å²) in [7, 11) is 0. The molecule has 7 nitrogen and oxygen atoms in total. The third-order valence-electron chi connectivity index (χ3n) is 4.58. The summed E-state index contributed by atoms with van der Waals surface area (Å²) >= 11 is 20.3. The lowest BCUT2D eigenvalue weighted by Gasteiger charge is -2.21. The molecule has 0 saturated carbocycles. The van der Waals surface area contributed by atoms with Gasteiger partial charge in [0.2, 0.25) is 0 Å². The molecule has 11 heteroatoms. The monoisotopic (exact) mass is 497 g/mol. The number of hydrogen-bond acceptors (Lipinski definition) is 6. The highest BCUT2D eigenvalue weighted by molar-refractivity contribution is 7.18. The fraction of sp³-hybridized carbons (Fsp3) is 0.150. The van der Waals surface area contributed by atoms with E-state index in [-0.39, 0.29) is 19.2 Å². The molecule has 1 unspecified atom stereocenters. The molecule has 1 atom stereocenters. The Labute approximate surface area is 195 Å². The number of halogens is 3. The highest BCUT2D eigenvalue weighted by Gasteiger charge is 2.20. The summed E-state index contributed by atoms with van der Waals surface area (Å²) in [5, 5.41) is 14.5. The first-order valence-electron chi connectivity index (χ1n) is 8.97. The van der Waals surface area contributed by atoms with E-state index in [4.69, 9.17) is 39.5 Å². The van der Waals surface area contributed by atoms with E-state index in [0.29, 0.717) is 20.6 Å². The minimum absolute atomic E-state index is 0.156. The van der Waals surface area contributed by atoms with Gasteiger partial charge in [-0.15, -0.1) is 21.5 Å². The summed E-state index contributed by atoms with van der Waals surface area (Å²) in [6, 6.07) is 10.7. The van der Waals surface area contributed by atoms with Crippen LogP contribution in [-0.4, -0.2) is 14.6 Å². The molecule has 2 heterocycles. The molecule has 0 saturated heterocycles. The van der Waals surface area contributed by atoms with Crippen LogP contribution in [0.1, 0.15) is 17.2 Å². The highest BCUT2D eigenvalue weighted by atomic mass is 35.5. The number of ether oxygens (including phenoxy) is 1. The van der Waals surface area contributed by atoms with Gasteiger partial charge in [-0.1, -0.05) is 53.0 Å². The summed E-state index contributed by atoms with van der Waals surface area (Å²) in [5.74, 6) is 0. The third-order valence-corrected chi connectivity index (χ3v) is 6.64. The Hall–Kier alpha value is -2.36. The normalized spacial score (nSPS) is 12.2. The number of rotatable bonds is 8. The Kier molecular flexibility index (Phi) is 6.64. The fourth-order valence-corrected chi connectivity index (χ4v) is 4.96. The summed E-state index contributed by atoms with van der Waals surface area (Å²) in [6.45, 7) is 0.470. The molecule has 160 valence electrons. The van der Waals surface area contributed by atoms with Crippen LogP contribution in [0.25, 0.3) is 10.1 Å². The number of hydrogen-bond donors (Lipinski definition) is 0. The molecule has 0 aliphatic rings. The first-order valence-corrected chi connectivity index (χ1v) is 11.0. The standard InChI is InChI=1S/C20H14Cl3N3O4S/c21-13-4-5-15(17(23)8-13)18(9-25-7-6-24-20(25)30-26(27)28)29-10-12-11-31-19-14(12)2-1-3-16(19)22/h1-8,11,18H,9-10H2. The molecule has 0 fully saturated rings. The Morgan fingerprint density at radius 1 is 1.19 bits per heavy atom. The first-order chi connectivity index (χ1) is 14.9. The van der Waals surface area contributed by atoms with Crippen LogP contribution in [0.15, 0.2) is 54.2 Å². The van der Waals surface area contributed by atoms with Crippen molar-refractivity contribution in [3.8, 4) is 6.01 Å². The predicted octanol–water partition coefficient (Wildman–Crippen LogP) is 6.59. The maximum atomic E-state index is 10.8. The molecule has 0 bridgehead atoms. The second-order valence-electron chi connectivity index (χ2n) is 6.52. The first kappa shape index (κ1) is 21.9. The van der Waals surface area contributed by atoms with Gasteiger partial charge in [0.25, 0.3) is 6.01 Å². The molecule has 0 aliphatic carbocycles. The SMILES string of the molecule is O=[N+]([O-])Oc1nccn1CC(OCc1csc2c(Cl)cccc12)c1ccc(Cl)cc1Cl. The minimum atomic E-state index is -0.912. The maximum absolute atomic E-state index is 10.8. The van der Waals surface area contributed by atoms with Gasteiger partial charge in [0.15, 0.2) is 0 Å². The van der Waals surface area contributed by atoms with Crippen LogP contribution in [-0.2, 0) is 17.9 Å². The third kappa shape index (κ3) is 4.94. The molecule has 0 spiro atoms. The number of aromatic nitrogens is 2. The highest BCUT2D eigenvalue weighted by Crippen LogP contribution is 2.35. The van der Waals surface area contributed by atoms with Crippen molar-refractivity contribution in [3.05, 3.63) is 90.5 Å². The van der Waals surface area contributed by atoms with Crippen LogP contribution in [0.3, 0.4) is 0 Å². The van der Waals surface area contributed by atoms with E-state index in [1.165, 1.54) is 10.8 Å². The van der Waals surface area contributed by atoms with E-state index in [0.717, 1.165) is 15.6 Å². The molecule has 4 aromatic rings. The van der Waals surface area contributed by atoms with Crippen LogP contribution in [0, 0.1) is 10.1 Å². The average Bonchev–Trinajstić information content (AvgIpc) is 3.32. The van der Waals surface area contributed by atoms with Gasteiger partial charge in [0.1, 0.15) is 6.10 Å². The Morgan fingerprint density at radius 2 is 2.03 bits per heavy atom. The summed E-state index contributed by atoms with van der Waals surface area (Å²) in [4.78, 5) is 19.2. The zero-order valence-corrected chi connectivity index (χ0v) is 18.8. The van der Waals surface area contributed by atoms with E-state index >= 15 is 0 Å². The molecular weight excluding hydrogens is 485 g/mol. The molecule has 2 aromatic carbocycles. The number of nitrogens with zero attached hydrogens (tertiary/aromatic N) is 3. The van der Waals surface area contributed by atoms with Crippen molar-refractivity contribution in [2.75, 3.05) is 0 Å². The van der Waals surface area contributed by atoms with Gasteiger partial charge in [-0.05, 0) is 34.5 Å². The van der Waals surface area contributed by atoms with Crippen molar-refractivity contribution in [3.63, 3.8) is 0 Å². The van der Waals surface area contributed by atoms with Crippen LogP contribution >= 0.6 is 46.1 Å². The van der Waals surface area contributed by atoms with Crippen molar-refractivity contribution in [1.29, 1.82) is 0 Å². The quantitative estimate of drug-likeness (QED) is 0.202. The van der Waals surface area contributed by atoms with E-state index in [2.05, 4.69) is 9.82 Å². The lowest BCUT2D eigenvalue weighted by molar-refractivity contribution is -0.713. The molecule has 4 rings (SSSR count).